The molecule has 0 unspecified atom stereocenters. The van der Waals surface area contributed by atoms with Crippen LogP contribution < -0.4 is 5.32 Å². The van der Waals surface area contributed by atoms with Crippen molar-refractivity contribution in [1.29, 1.82) is 0 Å². The monoisotopic (exact) mass is 350 g/mol. The molecule has 2 rings (SSSR count). The van der Waals surface area contributed by atoms with E-state index in [1.54, 1.807) is 6.20 Å². The molecular formula is C16H19BrN2O2. The van der Waals surface area contributed by atoms with E-state index in [1.807, 2.05) is 38.1 Å². The van der Waals surface area contributed by atoms with Crippen molar-refractivity contribution in [3.05, 3.63) is 40.5 Å². The Balaban J connectivity index is 2.24. The van der Waals surface area contributed by atoms with Crippen molar-refractivity contribution in [3.63, 3.8) is 0 Å². The predicted octanol–water partition coefficient (Wildman–Crippen LogP) is 3.28. The van der Waals surface area contributed by atoms with Gasteiger partial charge in [-0.3, -0.25) is 15.1 Å². The number of ether oxygens (including phenoxy) is 1. The second kappa shape index (κ2) is 7.00. The van der Waals surface area contributed by atoms with Gasteiger partial charge in [0.05, 0.1) is 12.6 Å². The van der Waals surface area contributed by atoms with Gasteiger partial charge in [0.25, 0.3) is 0 Å². The van der Waals surface area contributed by atoms with Crippen LogP contribution in [-0.4, -0.2) is 24.1 Å². The number of benzene rings is 1. The molecule has 0 aliphatic heterocycles. The van der Waals surface area contributed by atoms with Crippen LogP contribution in [-0.2, 0) is 16.1 Å². The van der Waals surface area contributed by atoms with Crippen molar-refractivity contribution in [2.45, 2.75) is 26.4 Å². The Kier molecular flexibility index (Phi) is 5.31. The number of hydrogen-bond donors (Lipinski definition) is 1. The Hall–Kier alpha value is -1.46. The van der Waals surface area contributed by atoms with Gasteiger partial charge in [-0.1, -0.05) is 41.9 Å². The molecule has 112 valence electrons. The quantitative estimate of drug-likeness (QED) is 0.840. The van der Waals surface area contributed by atoms with Crippen molar-refractivity contribution in [1.82, 2.24) is 10.3 Å². The van der Waals surface area contributed by atoms with Gasteiger partial charge >= 0.3 is 5.97 Å². The first kappa shape index (κ1) is 15.9. The van der Waals surface area contributed by atoms with Gasteiger partial charge in [0.15, 0.2) is 0 Å². The fraction of sp³-hybridized carbons (Fsp3) is 0.375. The zero-order valence-electron chi connectivity index (χ0n) is 12.4. The summed E-state index contributed by atoms with van der Waals surface area (Å²) in [5, 5.41) is 4.33. The van der Waals surface area contributed by atoms with E-state index in [9.17, 15) is 4.79 Å². The number of aromatic nitrogens is 1. The normalized spacial score (nSPS) is 12.6. The number of fused-ring (bicyclic) bond motifs is 1. The highest BCUT2D eigenvalue weighted by atomic mass is 79.9. The fourth-order valence-corrected chi connectivity index (χ4v) is 2.73. The molecule has 5 heteroatoms. The second-order valence-electron chi connectivity index (χ2n) is 5.23. The lowest BCUT2D eigenvalue weighted by atomic mass is 10.0. The van der Waals surface area contributed by atoms with Crippen molar-refractivity contribution in [2.24, 2.45) is 5.92 Å². The Bertz CT molecular complexity index is 643. The molecule has 21 heavy (non-hydrogen) atoms. The van der Waals surface area contributed by atoms with E-state index in [1.165, 1.54) is 7.11 Å². The van der Waals surface area contributed by atoms with E-state index in [4.69, 9.17) is 4.74 Å². The molecule has 1 atom stereocenters. The van der Waals surface area contributed by atoms with Crippen LogP contribution in [0.25, 0.3) is 10.9 Å². The highest BCUT2D eigenvalue weighted by Gasteiger charge is 2.22. The molecule has 1 aromatic heterocycles. The lowest BCUT2D eigenvalue weighted by Crippen LogP contribution is -2.41. The molecule has 1 N–H and O–H groups in total. The van der Waals surface area contributed by atoms with E-state index in [0.717, 1.165) is 20.9 Å². The molecule has 0 fully saturated rings. The minimum absolute atomic E-state index is 0.159. The van der Waals surface area contributed by atoms with Crippen LogP contribution in [0.15, 0.2) is 34.9 Å². The largest absolute Gasteiger partial charge is 0.468 e. The second-order valence-corrected chi connectivity index (χ2v) is 6.09. The summed E-state index contributed by atoms with van der Waals surface area (Å²) in [5.41, 5.74) is 2.00. The smallest absolute Gasteiger partial charge is 0.323 e. The third-order valence-corrected chi connectivity index (χ3v) is 4.13. The van der Waals surface area contributed by atoms with Gasteiger partial charge in [-0.2, -0.15) is 0 Å². The number of pyridine rings is 1. The maximum atomic E-state index is 11.8. The average molecular weight is 351 g/mol. The summed E-state index contributed by atoms with van der Waals surface area (Å²) in [7, 11) is 1.41. The summed E-state index contributed by atoms with van der Waals surface area (Å²) >= 11 is 3.53. The van der Waals surface area contributed by atoms with E-state index >= 15 is 0 Å². The maximum Gasteiger partial charge on any atom is 0.323 e. The number of esters is 1. The van der Waals surface area contributed by atoms with Gasteiger partial charge in [-0.25, -0.2) is 0 Å². The van der Waals surface area contributed by atoms with Crippen molar-refractivity contribution in [3.8, 4) is 0 Å². The molecule has 4 nitrogen and oxygen atoms in total. The highest BCUT2D eigenvalue weighted by molar-refractivity contribution is 9.10. The molecule has 0 bridgehead atoms. The molecule has 1 aromatic carbocycles. The summed E-state index contributed by atoms with van der Waals surface area (Å²) in [6.45, 7) is 4.55. The summed E-state index contributed by atoms with van der Waals surface area (Å²) in [6, 6.07) is 7.63. The van der Waals surface area contributed by atoms with E-state index < -0.39 is 0 Å². The van der Waals surface area contributed by atoms with Gasteiger partial charge in [0.1, 0.15) is 6.04 Å². The van der Waals surface area contributed by atoms with Gasteiger partial charge in [-0.15, -0.1) is 0 Å². The maximum absolute atomic E-state index is 11.8. The Morgan fingerprint density at radius 1 is 1.38 bits per heavy atom. The van der Waals surface area contributed by atoms with Gasteiger partial charge in [0, 0.05) is 22.6 Å². The summed E-state index contributed by atoms with van der Waals surface area (Å²) in [4.78, 5) is 16.2. The third-order valence-electron chi connectivity index (χ3n) is 3.43. The molecule has 0 amide bonds. The number of carbonyl (C=O) groups is 1. The van der Waals surface area contributed by atoms with Crippen molar-refractivity contribution >= 4 is 32.8 Å². The van der Waals surface area contributed by atoms with Crippen molar-refractivity contribution < 1.29 is 9.53 Å². The van der Waals surface area contributed by atoms with Crippen LogP contribution in [0.5, 0.6) is 0 Å². The summed E-state index contributed by atoms with van der Waals surface area (Å²) < 4.78 is 5.86. The van der Waals surface area contributed by atoms with E-state index in [2.05, 4.69) is 26.2 Å². The number of hydrogen-bond acceptors (Lipinski definition) is 4. The van der Waals surface area contributed by atoms with Gasteiger partial charge in [0.2, 0.25) is 0 Å². The minimum atomic E-state index is -0.322. The molecular weight excluding hydrogens is 332 g/mol. The van der Waals surface area contributed by atoms with E-state index in [-0.39, 0.29) is 17.9 Å². The summed E-state index contributed by atoms with van der Waals surface area (Å²) in [5.74, 6) is -0.0773. The number of nitrogens with one attached hydrogen (secondary N) is 1. The van der Waals surface area contributed by atoms with E-state index in [0.29, 0.717) is 6.54 Å². The number of methoxy groups -OCH3 is 1. The minimum Gasteiger partial charge on any atom is -0.468 e. The fourth-order valence-electron chi connectivity index (χ4n) is 2.28. The molecule has 0 aliphatic rings. The Morgan fingerprint density at radius 2 is 2.14 bits per heavy atom. The Labute approximate surface area is 133 Å². The first-order valence-corrected chi connectivity index (χ1v) is 7.67. The number of carbonyl (C=O) groups excluding carboxylic acids is 1. The first-order valence-electron chi connectivity index (χ1n) is 6.88. The van der Waals surface area contributed by atoms with Gasteiger partial charge in [-0.05, 0) is 23.6 Å². The molecule has 0 saturated heterocycles. The number of rotatable bonds is 5. The SMILES string of the molecule is COC(=O)[C@@H](NCc1ccc(Br)c2cccnc12)C(C)C. The average Bonchev–Trinajstić information content (AvgIpc) is 2.49. The van der Waals surface area contributed by atoms with Crippen LogP contribution >= 0.6 is 15.9 Å². The van der Waals surface area contributed by atoms with Crippen LogP contribution in [0.4, 0.5) is 0 Å². The zero-order chi connectivity index (χ0) is 15.4. The van der Waals surface area contributed by atoms with Crippen molar-refractivity contribution in [2.75, 3.05) is 7.11 Å². The lowest BCUT2D eigenvalue weighted by Gasteiger charge is -2.20. The molecule has 0 radical (unpaired) electrons. The standard InChI is InChI=1S/C16H19BrN2O2/c1-10(2)14(16(20)21-3)19-9-11-6-7-13(17)12-5-4-8-18-15(11)12/h4-8,10,14,19H,9H2,1-3H3/t14-/m0/s1. The topological polar surface area (TPSA) is 51.2 Å². The molecule has 0 aliphatic carbocycles. The number of nitrogens with zero attached hydrogens (tertiary/aromatic N) is 1. The molecule has 0 spiro atoms. The Morgan fingerprint density at radius 3 is 2.81 bits per heavy atom. The van der Waals surface area contributed by atoms with Crippen LogP contribution in [0.2, 0.25) is 0 Å². The molecule has 1 heterocycles. The van der Waals surface area contributed by atoms with Gasteiger partial charge < -0.3 is 4.74 Å². The zero-order valence-corrected chi connectivity index (χ0v) is 14.0. The molecule has 2 aromatic rings. The highest BCUT2D eigenvalue weighted by Crippen LogP contribution is 2.25. The first-order chi connectivity index (χ1) is 10.0. The summed E-state index contributed by atoms with van der Waals surface area (Å²) in [6.07, 6.45) is 1.78. The lowest BCUT2D eigenvalue weighted by molar-refractivity contribution is -0.144. The van der Waals surface area contributed by atoms with Crippen LogP contribution in [0.1, 0.15) is 19.4 Å². The van der Waals surface area contributed by atoms with Crippen LogP contribution in [0, 0.1) is 5.92 Å². The van der Waals surface area contributed by atoms with Crippen LogP contribution in [0.3, 0.4) is 0 Å². The predicted molar refractivity (Wildman–Crippen MR) is 86.9 cm³/mol. The molecule has 0 saturated carbocycles. The number of halogens is 1. The third kappa shape index (κ3) is 3.60.